The van der Waals surface area contributed by atoms with E-state index in [1.807, 2.05) is 0 Å². The van der Waals surface area contributed by atoms with Crippen molar-refractivity contribution in [2.24, 2.45) is 29.6 Å². The molecule has 176 valence electrons. The molecule has 0 bridgehead atoms. The Balaban J connectivity index is 1.17. The molecule has 0 saturated heterocycles. The molecule has 32 heavy (non-hydrogen) atoms. The zero-order chi connectivity index (χ0) is 22.5. The second-order valence-corrected chi connectivity index (χ2v) is 11.4. The van der Waals surface area contributed by atoms with Crippen LogP contribution in [0.15, 0.2) is 30.9 Å². The summed E-state index contributed by atoms with van der Waals surface area (Å²) in [6.07, 6.45) is 19.2. The van der Waals surface area contributed by atoms with Crippen LogP contribution in [0.25, 0.3) is 0 Å². The highest BCUT2D eigenvalue weighted by atomic mass is 35.5. The average molecular weight is 478 g/mol. The van der Waals surface area contributed by atoms with E-state index in [0.29, 0.717) is 15.6 Å². The Morgan fingerprint density at radius 2 is 1.31 bits per heavy atom. The first kappa shape index (κ1) is 24.1. The third-order valence-electron chi connectivity index (χ3n) is 8.69. The highest BCUT2D eigenvalue weighted by molar-refractivity contribution is 6.42. The van der Waals surface area contributed by atoms with Crippen LogP contribution in [0.4, 0.5) is 0 Å². The van der Waals surface area contributed by atoms with E-state index in [1.54, 1.807) is 18.2 Å². The second-order valence-electron chi connectivity index (χ2n) is 10.6. The van der Waals surface area contributed by atoms with Crippen LogP contribution >= 0.6 is 23.2 Å². The molecule has 4 heteroatoms. The minimum Gasteiger partial charge on any atom is -0.459 e. The molecule has 0 heterocycles. The number of ether oxygens (including phenoxy) is 1. The molecule has 0 amide bonds. The molecule has 3 saturated carbocycles. The number of carbonyl (C=O) groups excluding carboxylic acids is 1. The lowest BCUT2D eigenvalue weighted by molar-refractivity contribution is 0.00999. The molecule has 0 aliphatic heterocycles. The molecule has 0 unspecified atom stereocenters. The Bertz CT molecular complexity index is 768. The molecule has 1 aromatic carbocycles. The lowest BCUT2D eigenvalue weighted by Gasteiger charge is -2.41. The highest BCUT2D eigenvalue weighted by Gasteiger charge is 2.35. The molecular formula is C28H38Cl2O2. The second kappa shape index (κ2) is 11.4. The summed E-state index contributed by atoms with van der Waals surface area (Å²) >= 11 is 12.0. The minimum absolute atomic E-state index is 0.0373. The van der Waals surface area contributed by atoms with Crippen molar-refractivity contribution in [2.45, 2.75) is 89.6 Å². The van der Waals surface area contributed by atoms with E-state index in [9.17, 15) is 4.79 Å². The number of hydrogen-bond acceptors (Lipinski definition) is 2. The summed E-state index contributed by atoms with van der Waals surface area (Å²) in [5, 5.41) is 0.851. The topological polar surface area (TPSA) is 26.3 Å². The quantitative estimate of drug-likeness (QED) is 0.302. The van der Waals surface area contributed by atoms with Crippen LogP contribution in [-0.2, 0) is 4.74 Å². The summed E-state index contributed by atoms with van der Waals surface area (Å²) < 4.78 is 5.78. The average Bonchev–Trinajstić information content (AvgIpc) is 2.82. The number of benzene rings is 1. The van der Waals surface area contributed by atoms with Crippen molar-refractivity contribution in [2.75, 3.05) is 0 Å². The molecule has 0 radical (unpaired) electrons. The van der Waals surface area contributed by atoms with Crippen molar-refractivity contribution in [1.29, 1.82) is 0 Å². The lowest BCUT2D eigenvalue weighted by Crippen LogP contribution is -2.31. The fourth-order valence-corrected chi connectivity index (χ4v) is 7.04. The van der Waals surface area contributed by atoms with Crippen molar-refractivity contribution in [1.82, 2.24) is 0 Å². The van der Waals surface area contributed by atoms with Crippen LogP contribution in [0.5, 0.6) is 0 Å². The van der Waals surface area contributed by atoms with Crippen molar-refractivity contribution in [3.63, 3.8) is 0 Å². The Hall–Kier alpha value is -0.990. The van der Waals surface area contributed by atoms with Gasteiger partial charge in [0.05, 0.1) is 15.6 Å². The van der Waals surface area contributed by atoms with Gasteiger partial charge in [-0.3, -0.25) is 0 Å². The number of allylic oxidation sites excluding steroid dienone is 1. The van der Waals surface area contributed by atoms with Gasteiger partial charge in [0, 0.05) is 0 Å². The molecule has 4 rings (SSSR count). The van der Waals surface area contributed by atoms with Crippen molar-refractivity contribution < 1.29 is 9.53 Å². The SMILES string of the molecule is C=CC[C@H]1CC[C@H]([C@H]2CC[C@H]([C@H]3CC[C@H](OC(=O)c4ccc(Cl)c(Cl)c4)CC3)CC2)CC1. The Morgan fingerprint density at radius 1 is 0.812 bits per heavy atom. The molecule has 2 nitrogen and oxygen atoms in total. The molecule has 3 aliphatic rings. The van der Waals surface area contributed by atoms with Gasteiger partial charge in [-0.15, -0.1) is 6.58 Å². The van der Waals surface area contributed by atoms with Gasteiger partial charge in [-0.2, -0.15) is 0 Å². The monoisotopic (exact) mass is 476 g/mol. The third-order valence-corrected chi connectivity index (χ3v) is 9.43. The number of hydrogen-bond donors (Lipinski definition) is 0. The van der Waals surface area contributed by atoms with Crippen LogP contribution in [0.1, 0.15) is 93.8 Å². The number of esters is 1. The van der Waals surface area contributed by atoms with Crippen LogP contribution in [0, 0.1) is 29.6 Å². The van der Waals surface area contributed by atoms with Gasteiger partial charge < -0.3 is 4.74 Å². The summed E-state index contributed by atoms with van der Waals surface area (Å²) in [5.74, 6) is 4.28. The third kappa shape index (κ3) is 6.11. The van der Waals surface area contributed by atoms with Gasteiger partial charge >= 0.3 is 5.97 Å². The Kier molecular flexibility index (Phi) is 8.62. The first-order valence-electron chi connectivity index (χ1n) is 12.8. The summed E-state index contributed by atoms with van der Waals surface area (Å²) in [7, 11) is 0. The normalized spacial score (nSPS) is 33.4. The predicted octanol–water partition coefficient (Wildman–Crippen LogP) is 8.90. The zero-order valence-corrected chi connectivity index (χ0v) is 20.8. The van der Waals surface area contributed by atoms with Gasteiger partial charge in [-0.1, -0.05) is 29.3 Å². The van der Waals surface area contributed by atoms with Gasteiger partial charge in [0.25, 0.3) is 0 Å². The maximum absolute atomic E-state index is 12.5. The maximum Gasteiger partial charge on any atom is 0.338 e. The molecule has 0 N–H and O–H groups in total. The summed E-state index contributed by atoms with van der Waals surface area (Å²) in [4.78, 5) is 12.5. The summed E-state index contributed by atoms with van der Waals surface area (Å²) in [5.41, 5.74) is 0.485. The first-order chi connectivity index (χ1) is 15.5. The Morgan fingerprint density at radius 3 is 1.81 bits per heavy atom. The predicted molar refractivity (Wildman–Crippen MR) is 133 cm³/mol. The van der Waals surface area contributed by atoms with E-state index in [4.69, 9.17) is 27.9 Å². The van der Waals surface area contributed by atoms with Crippen LogP contribution in [0.2, 0.25) is 10.0 Å². The van der Waals surface area contributed by atoms with E-state index in [2.05, 4.69) is 12.7 Å². The molecular weight excluding hydrogens is 439 g/mol. The number of rotatable bonds is 6. The first-order valence-corrected chi connectivity index (χ1v) is 13.6. The van der Waals surface area contributed by atoms with Gasteiger partial charge in [-0.05, 0) is 131 Å². The summed E-state index contributed by atoms with van der Waals surface area (Å²) in [6.45, 7) is 3.92. The minimum atomic E-state index is -0.282. The van der Waals surface area contributed by atoms with Gasteiger partial charge in [0.15, 0.2) is 0 Å². The van der Waals surface area contributed by atoms with Gasteiger partial charge in [-0.25, -0.2) is 4.79 Å². The molecule has 0 atom stereocenters. The molecule has 3 fully saturated rings. The van der Waals surface area contributed by atoms with E-state index >= 15 is 0 Å². The highest BCUT2D eigenvalue weighted by Crippen LogP contribution is 2.45. The zero-order valence-electron chi connectivity index (χ0n) is 19.2. The fourth-order valence-electron chi connectivity index (χ4n) is 6.74. The standard InChI is InChI=1S/C28H38Cl2O2/c1-2-3-19-4-6-20(7-5-19)21-8-10-22(11-9-21)23-12-15-25(16-13-23)32-28(31)24-14-17-26(29)27(30)18-24/h2,14,17-23,25H,1,3-13,15-16H2/t19-,20-,21-,22-,23-,25-. The van der Waals surface area contributed by atoms with E-state index in [-0.39, 0.29) is 12.1 Å². The van der Waals surface area contributed by atoms with Crippen molar-refractivity contribution >= 4 is 29.2 Å². The van der Waals surface area contributed by atoms with Crippen LogP contribution in [-0.4, -0.2) is 12.1 Å². The van der Waals surface area contributed by atoms with Crippen molar-refractivity contribution in [3.8, 4) is 0 Å². The van der Waals surface area contributed by atoms with Gasteiger partial charge in [0.2, 0.25) is 0 Å². The molecule has 3 aliphatic carbocycles. The lowest BCUT2D eigenvalue weighted by atomic mass is 9.65. The van der Waals surface area contributed by atoms with Gasteiger partial charge in [0.1, 0.15) is 6.10 Å². The largest absolute Gasteiger partial charge is 0.459 e. The van der Waals surface area contributed by atoms with Crippen LogP contribution in [0.3, 0.4) is 0 Å². The van der Waals surface area contributed by atoms with Crippen molar-refractivity contribution in [3.05, 3.63) is 46.5 Å². The van der Waals surface area contributed by atoms with E-state index in [0.717, 1.165) is 42.4 Å². The fraction of sp³-hybridized carbons (Fsp3) is 0.679. The molecule has 1 aromatic rings. The van der Waals surface area contributed by atoms with E-state index in [1.165, 1.54) is 70.6 Å². The van der Waals surface area contributed by atoms with Crippen LogP contribution < -0.4 is 0 Å². The number of carbonyl (C=O) groups is 1. The molecule has 0 spiro atoms. The molecule has 0 aromatic heterocycles. The smallest absolute Gasteiger partial charge is 0.338 e. The maximum atomic E-state index is 12.5. The number of halogens is 2. The Labute approximate surface area is 204 Å². The van der Waals surface area contributed by atoms with E-state index < -0.39 is 0 Å². The summed E-state index contributed by atoms with van der Waals surface area (Å²) in [6, 6.07) is 4.94.